The Morgan fingerprint density at radius 2 is 2.27 bits per heavy atom. The first kappa shape index (κ1) is 7.40. The number of fused-ring (bicyclic) bond motifs is 1. The number of rotatable bonds is 0. The predicted octanol–water partition coefficient (Wildman–Crippen LogP) is 2.71. The van der Waals surface area contributed by atoms with Gasteiger partial charge in [-0.05, 0) is 25.0 Å². The monoisotopic (exact) mass is 259 g/mol. The van der Waals surface area contributed by atoms with E-state index >= 15 is 0 Å². The van der Waals surface area contributed by atoms with E-state index in [1.54, 1.807) is 0 Å². The summed E-state index contributed by atoms with van der Waals surface area (Å²) in [5, 5.41) is 0. The van der Waals surface area contributed by atoms with Crippen molar-refractivity contribution < 1.29 is 0 Å². The van der Waals surface area contributed by atoms with Crippen molar-refractivity contribution in [3.05, 3.63) is 29.3 Å². The molecular formula is C9H10IN. The Balaban J connectivity index is 2.50. The van der Waals surface area contributed by atoms with Gasteiger partial charge in [-0.1, -0.05) is 17.7 Å². The van der Waals surface area contributed by atoms with Crippen molar-refractivity contribution in [1.29, 1.82) is 0 Å². The first-order valence-electron chi connectivity index (χ1n) is 3.80. The highest BCUT2D eigenvalue weighted by Gasteiger charge is 2.15. The minimum atomic E-state index is 1.17. The summed E-state index contributed by atoms with van der Waals surface area (Å²) < 4.78 is 2.28. The number of hydrogen-bond acceptors (Lipinski definition) is 1. The van der Waals surface area contributed by atoms with Gasteiger partial charge in [-0.3, -0.25) is 0 Å². The molecule has 0 fully saturated rings. The molecule has 0 aliphatic carbocycles. The number of anilines is 1. The van der Waals surface area contributed by atoms with E-state index in [2.05, 4.69) is 51.1 Å². The van der Waals surface area contributed by atoms with Crippen molar-refractivity contribution in [2.75, 3.05) is 9.66 Å². The molecule has 0 spiro atoms. The molecule has 0 atom stereocenters. The molecule has 0 N–H and O–H groups in total. The molecule has 1 aromatic rings. The van der Waals surface area contributed by atoms with E-state index in [-0.39, 0.29) is 0 Å². The van der Waals surface area contributed by atoms with Crippen LogP contribution < -0.4 is 3.11 Å². The van der Waals surface area contributed by atoms with E-state index in [0.29, 0.717) is 0 Å². The van der Waals surface area contributed by atoms with Crippen LogP contribution in [0.1, 0.15) is 11.1 Å². The fraction of sp³-hybridized carbons (Fsp3) is 0.333. The van der Waals surface area contributed by atoms with Crippen LogP contribution in [0.15, 0.2) is 18.2 Å². The third-order valence-electron chi connectivity index (χ3n) is 2.07. The van der Waals surface area contributed by atoms with Crippen LogP contribution in [0.25, 0.3) is 0 Å². The molecule has 1 aliphatic rings. The molecule has 2 rings (SSSR count). The summed E-state index contributed by atoms with van der Waals surface area (Å²) >= 11 is 2.37. The van der Waals surface area contributed by atoms with Gasteiger partial charge in [-0.15, -0.1) is 0 Å². The van der Waals surface area contributed by atoms with Gasteiger partial charge in [0.25, 0.3) is 0 Å². The van der Waals surface area contributed by atoms with Crippen molar-refractivity contribution in [3.63, 3.8) is 0 Å². The highest BCUT2D eigenvalue weighted by Crippen LogP contribution is 2.30. The van der Waals surface area contributed by atoms with Crippen LogP contribution >= 0.6 is 22.9 Å². The van der Waals surface area contributed by atoms with Gasteiger partial charge in [-0.2, -0.15) is 0 Å². The van der Waals surface area contributed by atoms with E-state index in [0.717, 1.165) is 0 Å². The highest BCUT2D eigenvalue weighted by atomic mass is 127. The Morgan fingerprint density at radius 1 is 1.45 bits per heavy atom. The highest BCUT2D eigenvalue weighted by molar-refractivity contribution is 14.1. The molecule has 1 aromatic carbocycles. The van der Waals surface area contributed by atoms with Crippen molar-refractivity contribution >= 4 is 28.6 Å². The molecule has 1 heterocycles. The van der Waals surface area contributed by atoms with Crippen LogP contribution in [-0.2, 0) is 6.42 Å². The van der Waals surface area contributed by atoms with Gasteiger partial charge < -0.3 is 3.11 Å². The SMILES string of the molecule is Cc1ccc2c(c1)CCN2I. The summed E-state index contributed by atoms with van der Waals surface area (Å²) in [6.45, 7) is 3.31. The lowest BCUT2D eigenvalue weighted by Crippen LogP contribution is -2.02. The molecule has 0 saturated carbocycles. The number of hydrogen-bond donors (Lipinski definition) is 0. The van der Waals surface area contributed by atoms with Crippen LogP contribution in [-0.4, -0.2) is 6.54 Å². The molecule has 2 heteroatoms. The van der Waals surface area contributed by atoms with Gasteiger partial charge in [-0.25, -0.2) is 0 Å². The molecule has 0 aromatic heterocycles. The largest absolute Gasteiger partial charge is 0.314 e. The molecule has 1 nitrogen and oxygen atoms in total. The van der Waals surface area contributed by atoms with Gasteiger partial charge in [0.2, 0.25) is 0 Å². The summed E-state index contributed by atoms with van der Waals surface area (Å²) in [6.07, 6.45) is 1.21. The zero-order valence-electron chi connectivity index (χ0n) is 6.47. The van der Waals surface area contributed by atoms with Crippen molar-refractivity contribution in [2.24, 2.45) is 0 Å². The van der Waals surface area contributed by atoms with Gasteiger partial charge in [0.1, 0.15) is 0 Å². The lowest BCUT2D eigenvalue weighted by Gasteiger charge is -2.08. The lowest BCUT2D eigenvalue weighted by molar-refractivity contribution is 1.07. The second-order valence-electron chi connectivity index (χ2n) is 2.97. The van der Waals surface area contributed by atoms with Crippen molar-refractivity contribution in [2.45, 2.75) is 13.3 Å². The molecule has 11 heavy (non-hydrogen) atoms. The molecule has 0 radical (unpaired) electrons. The van der Waals surface area contributed by atoms with Gasteiger partial charge in [0.15, 0.2) is 0 Å². The second-order valence-corrected chi connectivity index (χ2v) is 4.13. The maximum Gasteiger partial charge on any atom is 0.0591 e. The summed E-state index contributed by atoms with van der Waals surface area (Å²) in [4.78, 5) is 0. The Hall–Kier alpha value is -0.250. The van der Waals surface area contributed by atoms with Gasteiger partial charge in [0, 0.05) is 12.2 Å². The quantitative estimate of drug-likeness (QED) is 0.511. The second kappa shape index (κ2) is 2.66. The molecule has 0 saturated heterocycles. The van der Waals surface area contributed by atoms with Crippen LogP contribution in [0.2, 0.25) is 0 Å². The number of aryl methyl sites for hydroxylation is 1. The van der Waals surface area contributed by atoms with Gasteiger partial charge in [0.05, 0.1) is 22.9 Å². The molecule has 0 bridgehead atoms. The van der Waals surface area contributed by atoms with E-state index in [1.807, 2.05) is 0 Å². The fourth-order valence-electron chi connectivity index (χ4n) is 1.49. The minimum Gasteiger partial charge on any atom is -0.314 e. The average molecular weight is 259 g/mol. The standard InChI is InChI=1S/C9H10IN/c1-7-2-3-9-8(6-7)4-5-11(9)10/h2-3,6H,4-5H2,1H3. The minimum absolute atomic E-state index is 1.17. The normalized spacial score (nSPS) is 15.3. The first-order chi connectivity index (χ1) is 5.27. The topological polar surface area (TPSA) is 3.24 Å². The molecule has 0 unspecified atom stereocenters. The number of halogens is 1. The smallest absolute Gasteiger partial charge is 0.0591 e. The lowest BCUT2D eigenvalue weighted by atomic mass is 10.1. The zero-order chi connectivity index (χ0) is 7.84. The summed E-state index contributed by atoms with van der Waals surface area (Å²) in [5.41, 5.74) is 4.27. The van der Waals surface area contributed by atoms with Crippen molar-refractivity contribution in [3.8, 4) is 0 Å². The van der Waals surface area contributed by atoms with Crippen LogP contribution in [0.5, 0.6) is 0 Å². The first-order valence-corrected chi connectivity index (χ1v) is 4.77. The molecular weight excluding hydrogens is 249 g/mol. The maximum absolute atomic E-state index is 2.37. The average Bonchev–Trinajstić information content (AvgIpc) is 2.32. The Kier molecular flexibility index (Phi) is 1.79. The molecule has 1 aliphatic heterocycles. The number of nitrogens with zero attached hydrogens (tertiary/aromatic N) is 1. The van der Waals surface area contributed by atoms with E-state index in [1.165, 1.54) is 29.8 Å². The molecule has 0 amide bonds. The Bertz CT molecular complexity index is 283. The summed E-state index contributed by atoms with van der Waals surface area (Å²) in [7, 11) is 0. The Labute approximate surface area is 80.9 Å². The zero-order valence-corrected chi connectivity index (χ0v) is 8.63. The van der Waals surface area contributed by atoms with Crippen LogP contribution in [0, 0.1) is 6.92 Å². The fourth-order valence-corrected chi connectivity index (χ4v) is 2.20. The summed E-state index contributed by atoms with van der Waals surface area (Å²) in [5.74, 6) is 0. The van der Waals surface area contributed by atoms with E-state index < -0.39 is 0 Å². The van der Waals surface area contributed by atoms with Gasteiger partial charge >= 0.3 is 0 Å². The van der Waals surface area contributed by atoms with Crippen LogP contribution in [0.4, 0.5) is 5.69 Å². The van der Waals surface area contributed by atoms with Crippen molar-refractivity contribution in [1.82, 2.24) is 0 Å². The Morgan fingerprint density at radius 3 is 3.09 bits per heavy atom. The molecule has 58 valence electrons. The van der Waals surface area contributed by atoms with Crippen LogP contribution in [0.3, 0.4) is 0 Å². The third kappa shape index (κ3) is 1.24. The maximum atomic E-state index is 2.37. The predicted molar refractivity (Wildman–Crippen MR) is 56.2 cm³/mol. The summed E-state index contributed by atoms with van der Waals surface area (Å²) in [6, 6.07) is 6.67. The number of benzene rings is 1. The van der Waals surface area contributed by atoms with E-state index in [9.17, 15) is 0 Å². The van der Waals surface area contributed by atoms with E-state index in [4.69, 9.17) is 0 Å². The third-order valence-corrected chi connectivity index (χ3v) is 3.08.